The Morgan fingerprint density at radius 1 is 1.09 bits per heavy atom. The van der Waals surface area contributed by atoms with Crippen LogP contribution < -0.4 is 9.64 Å². The molecule has 2 heterocycles. The van der Waals surface area contributed by atoms with Gasteiger partial charge < -0.3 is 24.4 Å². The minimum absolute atomic E-state index is 0.127. The Morgan fingerprint density at radius 2 is 1.78 bits per heavy atom. The van der Waals surface area contributed by atoms with E-state index in [-0.39, 0.29) is 11.3 Å². The van der Waals surface area contributed by atoms with Crippen LogP contribution in [0.1, 0.15) is 24.1 Å². The van der Waals surface area contributed by atoms with Crippen molar-refractivity contribution in [2.24, 2.45) is 0 Å². The molecule has 2 fully saturated rings. The molecule has 32 heavy (non-hydrogen) atoms. The van der Waals surface area contributed by atoms with Crippen LogP contribution in [0.3, 0.4) is 0 Å². The average Bonchev–Trinajstić information content (AvgIpc) is 3.09. The van der Waals surface area contributed by atoms with Gasteiger partial charge in [-0.1, -0.05) is 42.5 Å². The maximum atomic E-state index is 13.1. The molecule has 2 saturated heterocycles. The third kappa shape index (κ3) is 4.54. The van der Waals surface area contributed by atoms with Crippen molar-refractivity contribution in [1.29, 1.82) is 0 Å². The number of benzene rings is 2. The van der Waals surface area contributed by atoms with E-state index in [0.717, 1.165) is 25.2 Å². The largest absolute Gasteiger partial charge is 0.507 e. The van der Waals surface area contributed by atoms with E-state index in [1.54, 1.807) is 29.2 Å². The summed E-state index contributed by atoms with van der Waals surface area (Å²) in [5.41, 5.74) is 1.41. The van der Waals surface area contributed by atoms with Gasteiger partial charge in [0, 0.05) is 5.56 Å². The Morgan fingerprint density at radius 3 is 2.44 bits per heavy atom. The summed E-state index contributed by atoms with van der Waals surface area (Å²) >= 11 is 0. The lowest BCUT2D eigenvalue weighted by Crippen LogP contribution is -3.14. The molecular formula is C25H29N2O5+. The zero-order valence-corrected chi connectivity index (χ0v) is 18.3. The lowest BCUT2D eigenvalue weighted by molar-refractivity contribution is -0.907. The SMILES string of the molecule is CCOc1ccc(C2C(=C(O)c3ccccc3)C(=O)C(=O)N2CC[NH+]2CCOCC2)cc1. The van der Waals surface area contributed by atoms with Gasteiger partial charge in [0.15, 0.2) is 0 Å². The first-order valence-electron chi connectivity index (χ1n) is 11.1. The molecule has 2 aromatic carbocycles. The van der Waals surface area contributed by atoms with Crippen LogP contribution in [0.5, 0.6) is 5.75 Å². The molecule has 7 heteroatoms. The molecule has 168 valence electrons. The topological polar surface area (TPSA) is 80.5 Å². The second-order valence-corrected chi connectivity index (χ2v) is 7.97. The van der Waals surface area contributed by atoms with Crippen molar-refractivity contribution in [1.82, 2.24) is 4.90 Å². The van der Waals surface area contributed by atoms with Gasteiger partial charge in [0.05, 0.1) is 44.5 Å². The van der Waals surface area contributed by atoms with Crippen LogP contribution >= 0.6 is 0 Å². The number of carbonyl (C=O) groups is 2. The summed E-state index contributed by atoms with van der Waals surface area (Å²) in [6.07, 6.45) is 0. The van der Waals surface area contributed by atoms with Gasteiger partial charge in [-0.15, -0.1) is 0 Å². The predicted molar refractivity (Wildman–Crippen MR) is 119 cm³/mol. The maximum Gasteiger partial charge on any atom is 0.295 e. The number of hydrogen-bond acceptors (Lipinski definition) is 5. The van der Waals surface area contributed by atoms with E-state index in [0.29, 0.717) is 37.7 Å². The van der Waals surface area contributed by atoms with Crippen LogP contribution in [0, 0.1) is 0 Å². The quantitative estimate of drug-likeness (QED) is 0.389. The first-order valence-corrected chi connectivity index (χ1v) is 11.1. The van der Waals surface area contributed by atoms with E-state index in [9.17, 15) is 14.7 Å². The fraction of sp³-hybridized carbons (Fsp3) is 0.360. The molecule has 1 atom stereocenters. The highest BCUT2D eigenvalue weighted by Crippen LogP contribution is 2.39. The number of aliphatic hydroxyl groups is 1. The molecule has 0 saturated carbocycles. The standard InChI is InChI=1S/C25H28N2O5/c1-2-32-20-10-8-18(9-11-20)22-21(23(28)19-6-4-3-5-7-19)24(29)25(30)27(22)13-12-26-14-16-31-17-15-26/h3-11,22,28H,2,12-17H2,1H3/p+1. The molecule has 0 aliphatic carbocycles. The monoisotopic (exact) mass is 437 g/mol. The van der Waals surface area contributed by atoms with Gasteiger partial charge in [-0.2, -0.15) is 0 Å². The number of nitrogens with one attached hydrogen (secondary N) is 1. The van der Waals surface area contributed by atoms with Crippen LogP contribution in [0.2, 0.25) is 0 Å². The first kappa shape index (κ1) is 22.0. The number of carbonyl (C=O) groups excluding carboxylic acids is 2. The molecule has 2 aliphatic heterocycles. The van der Waals surface area contributed by atoms with E-state index in [1.807, 2.05) is 37.3 Å². The van der Waals surface area contributed by atoms with Gasteiger partial charge in [0.25, 0.3) is 11.7 Å². The van der Waals surface area contributed by atoms with Crippen molar-refractivity contribution < 1.29 is 29.1 Å². The van der Waals surface area contributed by atoms with Crippen molar-refractivity contribution in [3.05, 3.63) is 71.3 Å². The van der Waals surface area contributed by atoms with Crippen LogP contribution in [0.15, 0.2) is 60.2 Å². The van der Waals surface area contributed by atoms with Gasteiger partial charge in [0.1, 0.15) is 24.6 Å². The van der Waals surface area contributed by atoms with Crippen molar-refractivity contribution in [2.45, 2.75) is 13.0 Å². The normalized spacial score (nSPS) is 21.2. The summed E-state index contributed by atoms with van der Waals surface area (Å²) in [6, 6.07) is 15.6. The molecule has 2 N–H and O–H groups in total. The summed E-state index contributed by atoms with van der Waals surface area (Å²) in [6.45, 7) is 6.75. The maximum absolute atomic E-state index is 13.1. The van der Waals surface area contributed by atoms with E-state index >= 15 is 0 Å². The van der Waals surface area contributed by atoms with Gasteiger partial charge in [-0.25, -0.2) is 0 Å². The number of ketones is 1. The molecule has 0 aromatic heterocycles. The Bertz CT molecular complexity index is 981. The third-order valence-corrected chi connectivity index (χ3v) is 6.00. The number of morpholine rings is 1. The number of likely N-dealkylation sites (tertiary alicyclic amines) is 1. The van der Waals surface area contributed by atoms with Crippen LogP contribution in [-0.4, -0.2) is 67.7 Å². The number of nitrogens with zero attached hydrogens (tertiary/aromatic N) is 1. The fourth-order valence-electron chi connectivity index (χ4n) is 4.31. The van der Waals surface area contributed by atoms with Crippen LogP contribution in [0.4, 0.5) is 0 Å². The van der Waals surface area contributed by atoms with Gasteiger partial charge in [-0.3, -0.25) is 9.59 Å². The average molecular weight is 438 g/mol. The van der Waals surface area contributed by atoms with Gasteiger partial charge in [-0.05, 0) is 24.6 Å². The Kier molecular flexibility index (Phi) is 6.87. The number of rotatable bonds is 7. The fourth-order valence-corrected chi connectivity index (χ4v) is 4.31. The Balaban J connectivity index is 1.70. The minimum atomic E-state index is -0.651. The number of ether oxygens (including phenoxy) is 2. The van der Waals surface area contributed by atoms with Crippen molar-refractivity contribution in [2.75, 3.05) is 46.0 Å². The molecule has 0 spiro atoms. The van der Waals surface area contributed by atoms with Crippen molar-refractivity contribution in [3.63, 3.8) is 0 Å². The van der Waals surface area contributed by atoms with E-state index in [4.69, 9.17) is 9.47 Å². The summed E-state index contributed by atoms with van der Waals surface area (Å²) < 4.78 is 11.0. The second-order valence-electron chi connectivity index (χ2n) is 7.97. The molecule has 0 radical (unpaired) electrons. The van der Waals surface area contributed by atoms with Crippen molar-refractivity contribution >= 4 is 17.4 Å². The highest BCUT2D eigenvalue weighted by atomic mass is 16.5. The molecule has 7 nitrogen and oxygen atoms in total. The number of aliphatic hydroxyl groups excluding tert-OH is 1. The number of quaternary nitrogens is 1. The molecule has 2 aliphatic rings. The molecule has 2 aromatic rings. The summed E-state index contributed by atoms with van der Waals surface area (Å²) in [5, 5.41) is 11.0. The highest BCUT2D eigenvalue weighted by Gasteiger charge is 2.46. The summed E-state index contributed by atoms with van der Waals surface area (Å²) in [7, 11) is 0. The number of Topliss-reactive ketones (excluding diaryl/α,β-unsaturated/α-hetero) is 1. The molecular weight excluding hydrogens is 408 g/mol. The van der Waals surface area contributed by atoms with Crippen LogP contribution in [0.25, 0.3) is 5.76 Å². The minimum Gasteiger partial charge on any atom is -0.507 e. The predicted octanol–water partition coefficient (Wildman–Crippen LogP) is 1.42. The highest BCUT2D eigenvalue weighted by molar-refractivity contribution is 6.46. The Hall–Kier alpha value is -3.16. The lowest BCUT2D eigenvalue weighted by Gasteiger charge is -2.29. The van der Waals surface area contributed by atoms with Gasteiger partial charge in [0.2, 0.25) is 0 Å². The number of amides is 1. The zero-order chi connectivity index (χ0) is 22.5. The van der Waals surface area contributed by atoms with Gasteiger partial charge >= 0.3 is 0 Å². The summed E-state index contributed by atoms with van der Waals surface area (Å²) in [4.78, 5) is 29.1. The lowest BCUT2D eigenvalue weighted by atomic mass is 9.95. The van der Waals surface area contributed by atoms with E-state index < -0.39 is 17.7 Å². The van der Waals surface area contributed by atoms with Crippen molar-refractivity contribution in [3.8, 4) is 5.75 Å². The van der Waals surface area contributed by atoms with E-state index in [1.165, 1.54) is 4.90 Å². The summed E-state index contributed by atoms with van der Waals surface area (Å²) in [5.74, 6) is -0.658. The zero-order valence-electron chi connectivity index (χ0n) is 18.3. The third-order valence-electron chi connectivity index (χ3n) is 6.00. The molecule has 1 amide bonds. The molecule has 4 rings (SSSR count). The van der Waals surface area contributed by atoms with E-state index in [2.05, 4.69) is 0 Å². The van der Waals surface area contributed by atoms with Crippen LogP contribution in [-0.2, 0) is 14.3 Å². The molecule has 0 bridgehead atoms. The smallest absolute Gasteiger partial charge is 0.295 e. The Labute approximate surface area is 187 Å². The first-order chi connectivity index (χ1) is 15.6. The number of hydrogen-bond donors (Lipinski definition) is 2. The molecule has 1 unspecified atom stereocenters. The second kappa shape index (κ2) is 9.97.